The van der Waals surface area contributed by atoms with Crippen molar-refractivity contribution in [1.29, 1.82) is 0 Å². The van der Waals surface area contributed by atoms with Gasteiger partial charge in [-0.05, 0) is 29.3 Å². The Morgan fingerprint density at radius 2 is 1.47 bits per heavy atom. The third kappa shape index (κ3) is 5.96. The van der Waals surface area contributed by atoms with Crippen molar-refractivity contribution in [2.24, 2.45) is 0 Å². The Morgan fingerprint density at radius 1 is 0.938 bits per heavy atom. The molecule has 3 rings (SSSR count). The molecule has 0 aliphatic carbocycles. The van der Waals surface area contributed by atoms with E-state index in [9.17, 15) is 39.9 Å². The molecule has 0 spiro atoms. The van der Waals surface area contributed by atoms with Crippen LogP contribution in [0, 0.1) is 0 Å². The number of halogens is 8. The number of hydrogen-bond donors (Lipinski definition) is 0. The van der Waals surface area contributed by atoms with E-state index >= 15 is 0 Å². The number of esters is 1. The summed E-state index contributed by atoms with van der Waals surface area (Å²) in [5.41, 5.74) is -1.81. The smallest absolute Gasteiger partial charge is 0.416 e. The minimum atomic E-state index is -4.62. The van der Waals surface area contributed by atoms with Gasteiger partial charge in [-0.15, -0.1) is 0 Å². The molecule has 0 saturated carbocycles. The highest BCUT2D eigenvalue weighted by Gasteiger charge is 2.48. The van der Waals surface area contributed by atoms with Crippen LogP contribution in [0.15, 0.2) is 48.5 Å². The molecule has 0 aromatic heterocycles. The van der Waals surface area contributed by atoms with Crippen LogP contribution in [0.4, 0.5) is 35.1 Å². The molecule has 2 aromatic rings. The number of alkyl halides is 8. The van der Waals surface area contributed by atoms with Crippen molar-refractivity contribution < 1.29 is 44.7 Å². The minimum Gasteiger partial charge on any atom is -0.460 e. The number of rotatable bonds is 5. The van der Waals surface area contributed by atoms with E-state index < -0.39 is 61.0 Å². The number of carbonyl (C=O) groups is 1. The number of benzene rings is 2. The molecule has 1 unspecified atom stereocenters. The summed E-state index contributed by atoms with van der Waals surface area (Å²) in [5.74, 6) is -4.37. The van der Waals surface area contributed by atoms with Crippen molar-refractivity contribution in [1.82, 2.24) is 4.90 Å². The molecule has 0 amide bonds. The highest BCUT2D eigenvalue weighted by Crippen LogP contribution is 2.35. The van der Waals surface area contributed by atoms with E-state index in [1.807, 2.05) is 0 Å². The van der Waals surface area contributed by atoms with Gasteiger partial charge < -0.3 is 4.74 Å². The van der Waals surface area contributed by atoms with E-state index in [0.717, 1.165) is 41.3 Å². The van der Waals surface area contributed by atoms with Gasteiger partial charge in [-0.2, -0.15) is 26.3 Å². The zero-order chi connectivity index (χ0) is 23.7. The highest BCUT2D eigenvalue weighted by molar-refractivity contribution is 5.76. The molecule has 3 nitrogen and oxygen atoms in total. The SMILES string of the molecule is O=C(OCc1cccc(C(F)(F)F)c1)C1CC(F)(F)CN1Cc1cccc(C(F)(F)F)c1. The average Bonchev–Trinajstić information content (AvgIpc) is 2.99. The second kappa shape index (κ2) is 8.68. The van der Waals surface area contributed by atoms with E-state index in [2.05, 4.69) is 0 Å². The molecule has 1 heterocycles. The van der Waals surface area contributed by atoms with Gasteiger partial charge in [-0.1, -0.05) is 30.3 Å². The van der Waals surface area contributed by atoms with Crippen LogP contribution < -0.4 is 0 Å². The van der Waals surface area contributed by atoms with Gasteiger partial charge in [0.2, 0.25) is 0 Å². The topological polar surface area (TPSA) is 29.5 Å². The maximum atomic E-state index is 14.0. The van der Waals surface area contributed by atoms with Crippen molar-refractivity contribution >= 4 is 5.97 Å². The van der Waals surface area contributed by atoms with Gasteiger partial charge in [-0.25, -0.2) is 8.78 Å². The summed E-state index contributed by atoms with van der Waals surface area (Å²) >= 11 is 0. The summed E-state index contributed by atoms with van der Waals surface area (Å²) in [7, 11) is 0. The maximum Gasteiger partial charge on any atom is 0.416 e. The Morgan fingerprint density at radius 3 is 2.03 bits per heavy atom. The van der Waals surface area contributed by atoms with Gasteiger partial charge in [0.1, 0.15) is 12.6 Å². The third-order valence-corrected chi connectivity index (χ3v) is 4.91. The van der Waals surface area contributed by atoms with Gasteiger partial charge in [0, 0.05) is 13.0 Å². The Kier molecular flexibility index (Phi) is 6.50. The van der Waals surface area contributed by atoms with Gasteiger partial charge in [-0.3, -0.25) is 9.69 Å². The van der Waals surface area contributed by atoms with Crippen molar-refractivity contribution in [3.63, 3.8) is 0 Å². The molecule has 0 radical (unpaired) electrons. The van der Waals surface area contributed by atoms with Crippen LogP contribution in [0.5, 0.6) is 0 Å². The normalized spacial score (nSPS) is 19.2. The fourth-order valence-electron chi connectivity index (χ4n) is 3.45. The first-order valence-corrected chi connectivity index (χ1v) is 9.35. The molecule has 174 valence electrons. The fourth-order valence-corrected chi connectivity index (χ4v) is 3.45. The van der Waals surface area contributed by atoms with Crippen LogP contribution in [0.25, 0.3) is 0 Å². The fraction of sp³-hybridized carbons (Fsp3) is 0.381. The van der Waals surface area contributed by atoms with Crippen LogP contribution >= 0.6 is 0 Å². The number of nitrogens with zero attached hydrogens (tertiary/aromatic N) is 1. The first kappa shape index (κ1) is 24.0. The largest absolute Gasteiger partial charge is 0.460 e. The summed E-state index contributed by atoms with van der Waals surface area (Å²) in [6.07, 6.45) is -10.1. The van der Waals surface area contributed by atoms with Crippen LogP contribution in [-0.4, -0.2) is 29.4 Å². The third-order valence-electron chi connectivity index (χ3n) is 4.91. The average molecular weight is 467 g/mol. The maximum absolute atomic E-state index is 14.0. The monoisotopic (exact) mass is 467 g/mol. The molecular formula is C21H17F8NO2. The summed E-state index contributed by atoms with van der Waals surface area (Å²) in [6, 6.07) is 6.65. The summed E-state index contributed by atoms with van der Waals surface area (Å²) in [4.78, 5) is 13.4. The predicted octanol–water partition coefficient (Wildman–Crippen LogP) is 5.68. The van der Waals surface area contributed by atoms with Crippen LogP contribution in [0.3, 0.4) is 0 Å². The van der Waals surface area contributed by atoms with E-state index in [0.29, 0.717) is 0 Å². The lowest BCUT2D eigenvalue weighted by molar-refractivity contribution is -0.150. The number of carbonyl (C=O) groups excluding carboxylic acids is 1. The quantitative estimate of drug-likeness (QED) is 0.419. The van der Waals surface area contributed by atoms with Gasteiger partial charge >= 0.3 is 18.3 Å². The number of ether oxygens (including phenoxy) is 1. The standard InChI is InChI=1S/C21H17F8NO2/c22-19(23)9-17(18(31)32-11-14-4-2-6-16(8-14)21(27,28)29)30(12-19)10-13-3-1-5-15(7-13)20(24,25)26/h1-8,17H,9-12H2. The lowest BCUT2D eigenvalue weighted by atomic mass is 10.1. The zero-order valence-corrected chi connectivity index (χ0v) is 16.3. The predicted molar refractivity (Wildman–Crippen MR) is 96.4 cm³/mol. The second-order valence-corrected chi connectivity index (χ2v) is 7.48. The summed E-state index contributed by atoms with van der Waals surface area (Å²) in [6.45, 7) is -1.79. The molecule has 0 bridgehead atoms. The van der Waals surface area contributed by atoms with Crippen LogP contribution in [0.1, 0.15) is 28.7 Å². The minimum absolute atomic E-state index is 0.0161. The Labute approximate surface area is 177 Å². The molecular weight excluding hydrogens is 450 g/mol. The van der Waals surface area contributed by atoms with E-state index in [4.69, 9.17) is 4.74 Å². The molecule has 1 fully saturated rings. The zero-order valence-electron chi connectivity index (χ0n) is 16.3. The highest BCUT2D eigenvalue weighted by atomic mass is 19.4. The number of hydrogen-bond acceptors (Lipinski definition) is 3. The molecule has 2 aromatic carbocycles. The van der Waals surface area contributed by atoms with Gasteiger partial charge in [0.05, 0.1) is 17.7 Å². The van der Waals surface area contributed by atoms with Gasteiger partial charge in [0.15, 0.2) is 0 Å². The molecule has 1 aliphatic heterocycles. The Bertz CT molecular complexity index is 971. The molecule has 1 atom stereocenters. The van der Waals surface area contributed by atoms with Gasteiger partial charge in [0.25, 0.3) is 5.92 Å². The summed E-state index contributed by atoms with van der Waals surface area (Å²) in [5, 5.41) is 0. The van der Waals surface area contributed by atoms with Crippen molar-refractivity contribution in [3.05, 3.63) is 70.8 Å². The van der Waals surface area contributed by atoms with Crippen molar-refractivity contribution in [2.45, 2.75) is 43.9 Å². The molecule has 11 heteroatoms. The lowest BCUT2D eigenvalue weighted by Gasteiger charge is -2.22. The van der Waals surface area contributed by atoms with E-state index in [1.165, 1.54) is 12.1 Å². The van der Waals surface area contributed by atoms with Crippen LogP contribution in [-0.2, 0) is 35.0 Å². The van der Waals surface area contributed by atoms with Crippen molar-refractivity contribution in [2.75, 3.05) is 6.54 Å². The van der Waals surface area contributed by atoms with Crippen LogP contribution in [0.2, 0.25) is 0 Å². The first-order chi connectivity index (χ1) is 14.7. The first-order valence-electron chi connectivity index (χ1n) is 9.35. The van der Waals surface area contributed by atoms with E-state index in [-0.39, 0.29) is 17.7 Å². The molecule has 0 N–H and O–H groups in total. The Hall–Kier alpha value is -2.69. The Balaban J connectivity index is 1.71. The molecule has 32 heavy (non-hydrogen) atoms. The molecule has 1 saturated heterocycles. The summed E-state index contributed by atoms with van der Waals surface area (Å²) < 4.78 is 110. The van der Waals surface area contributed by atoms with E-state index in [1.54, 1.807) is 0 Å². The lowest BCUT2D eigenvalue weighted by Crippen LogP contribution is -2.37. The number of likely N-dealkylation sites (tertiary alicyclic amines) is 1. The second-order valence-electron chi connectivity index (χ2n) is 7.48. The van der Waals surface area contributed by atoms with Crippen molar-refractivity contribution in [3.8, 4) is 0 Å². The molecule has 1 aliphatic rings.